The van der Waals surface area contributed by atoms with Gasteiger partial charge in [-0.1, -0.05) is 18.2 Å². The van der Waals surface area contributed by atoms with Crippen LogP contribution in [0.15, 0.2) is 48.5 Å². The van der Waals surface area contributed by atoms with Crippen LogP contribution in [0.5, 0.6) is 5.75 Å². The van der Waals surface area contributed by atoms with Crippen LogP contribution < -0.4 is 4.74 Å². The molecule has 0 bridgehead atoms. The van der Waals surface area contributed by atoms with Crippen LogP contribution in [-0.4, -0.2) is 35.3 Å². The number of carbonyl (C=O) groups excluding carboxylic acids is 2. The minimum absolute atomic E-state index is 0.00573. The maximum atomic E-state index is 12.6. The summed E-state index contributed by atoms with van der Waals surface area (Å²) in [5.74, 6) is 0.566. The SMILES string of the molecule is N#Cc1ccc2c(c1)C(=O)CC1(CCN(C(=O)c3ccccc3)CC1)O2. The normalized spacial score (nSPS) is 18.0. The summed E-state index contributed by atoms with van der Waals surface area (Å²) in [6.07, 6.45) is 1.54. The predicted octanol–water partition coefficient (Wildman–Crippen LogP) is 3.20. The van der Waals surface area contributed by atoms with Crippen molar-refractivity contribution in [2.24, 2.45) is 0 Å². The van der Waals surface area contributed by atoms with Crippen molar-refractivity contribution in [3.8, 4) is 11.8 Å². The second-order valence-corrected chi connectivity index (χ2v) is 6.87. The van der Waals surface area contributed by atoms with E-state index in [1.807, 2.05) is 35.2 Å². The number of ether oxygens (including phenoxy) is 1. The monoisotopic (exact) mass is 346 g/mol. The summed E-state index contributed by atoms with van der Waals surface area (Å²) in [5.41, 5.74) is 1.07. The van der Waals surface area contributed by atoms with Crippen molar-refractivity contribution in [2.45, 2.75) is 24.9 Å². The molecule has 0 saturated carbocycles. The van der Waals surface area contributed by atoms with Crippen LogP contribution in [-0.2, 0) is 0 Å². The van der Waals surface area contributed by atoms with E-state index in [2.05, 4.69) is 6.07 Å². The molecule has 0 radical (unpaired) electrons. The van der Waals surface area contributed by atoms with Crippen LogP contribution >= 0.6 is 0 Å². The number of fused-ring (bicyclic) bond motifs is 1. The van der Waals surface area contributed by atoms with Gasteiger partial charge in [-0.05, 0) is 30.3 Å². The van der Waals surface area contributed by atoms with Gasteiger partial charge >= 0.3 is 0 Å². The van der Waals surface area contributed by atoms with E-state index in [0.29, 0.717) is 54.8 Å². The highest BCUT2D eigenvalue weighted by Gasteiger charge is 2.43. The number of ketones is 1. The number of benzene rings is 2. The zero-order chi connectivity index (χ0) is 18.1. The number of amides is 1. The van der Waals surface area contributed by atoms with Crippen molar-refractivity contribution in [3.05, 3.63) is 65.2 Å². The van der Waals surface area contributed by atoms with Gasteiger partial charge in [0, 0.05) is 31.5 Å². The van der Waals surface area contributed by atoms with Crippen LogP contribution in [0, 0.1) is 11.3 Å². The standard InChI is InChI=1S/C21H18N2O3/c22-14-15-6-7-19-17(12-15)18(24)13-21(26-19)8-10-23(11-9-21)20(25)16-4-2-1-3-5-16/h1-7,12H,8-11,13H2. The molecule has 0 atom stereocenters. The van der Waals surface area contributed by atoms with Gasteiger partial charge in [0.05, 0.1) is 23.6 Å². The van der Waals surface area contributed by atoms with Crippen molar-refractivity contribution in [1.82, 2.24) is 4.90 Å². The highest BCUT2D eigenvalue weighted by Crippen LogP contribution is 2.39. The van der Waals surface area contributed by atoms with Gasteiger partial charge in [0.15, 0.2) is 5.78 Å². The summed E-state index contributed by atoms with van der Waals surface area (Å²) in [5, 5.41) is 9.00. The van der Waals surface area contributed by atoms with E-state index in [0.717, 1.165) is 0 Å². The summed E-state index contributed by atoms with van der Waals surface area (Å²) in [6, 6.07) is 16.2. The molecule has 0 aliphatic carbocycles. The Balaban J connectivity index is 1.50. The first-order valence-corrected chi connectivity index (χ1v) is 8.71. The fourth-order valence-electron chi connectivity index (χ4n) is 3.72. The van der Waals surface area contributed by atoms with E-state index in [4.69, 9.17) is 10.00 Å². The molecule has 0 aromatic heterocycles. The number of piperidine rings is 1. The van der Waals surface area contributed by atoms with E-state index in [1.165, 1.54) is 0 Å². The van der Waals surface area contributed by atoms with Crippen molar-refractivity contribution in [3.63, 3.8) is 0 Å². The second kappa shape index (κ2) is 6.30. The number of nitrogens with zero attached hydrogens (tertiary/aromatic N) is 2. The molecule has 130 valence electrons. The largest absolute Gasteiger partial charge is 0.486 e. The first-order valence-electron chi connectivity index (χ1n) is 8.71. The van der Waals surface area contributed by atoms with Gasteiger partial charge in [0.2, 0.25) is 0 Å². The zero-order valence-corrected chi connectivity index (χ0v) is 14.3. The molecule has 1 saturated heterocycles. The van der Waals surface area contributed by atoms with Gasteiger partial charge < -0.3 is 9.64 Å². The molecule has 26 heavy (non-hydrogen) atoms. The average molecular weight is 346 g/mol. The molecule has 2 aromatic rings. The topological polar surface area (TPSA) is 70.4 Å². The Bertz CT molecular complexity index is 907. The fraction of sp³-hybridized carbons (Fsp3) is 0.286. The maximum Gasteiger partial charge on any atom is 0.253 e. The van der Waals surface area contributed by atoms with Gasteiger partial charge in [-0.3, -0.25) is 9.59 Å². The van der Waals surface area contributed by atoms with Gasteiger partial charge in [-0.15, -0.1) is 0 Å². The summed E-state index contributed by atoms with van der Waals surface area (Å²) >= 11 is 0. The number of Topliss-reactive ketones (excluding diaryl/α,β-unsaturated/α-hetero) is 1. The average Bonchev–Trinajstić information content (AvgIpc) is 2.68. The lowest BCUT2D eigenvalue weighted by molar-refractivity contribution is -0.00571. The Morgan fingerprint density at radius 2 is 1.85 bits per heavy atom. The lowest BCUT2D eigenvalue weighted by Crippen LogP contribution is -2.52. The Labute approximate surface area is 151 Å². The van der Waals surface area contributed by atoms with Crippen LogP contribution in [0.4, 0.5) is 0 Å². The van der Waals surface area contributed by atoms with E-state index < -0.39 is 5.60 Å². The van der Waals surface area contributed by atoms with E-state index >= 15 is 0 Å². The molecule has 2 aliphatic heterocycles. The first-order chi connectivity index (χ1) is 12.6. The molecule has 1 spiro atoms. The van der Waals surface area contributed by atoms with Crippen LogP contribution in [0.3, 0.4) is 0 Å². The number of likely N-dealkylation sites (tertiary alicyclic amines) is 1. The minimum Gasteiger partial charge on any atom is -0.486 e. The molecule has 0 N–H and O–H groups in total. The molecule has 4 rings (SSSR count). The van der Waals surface area contributed by atoms with Gasteiger partial charge in [-0.2, -0.15) is 5.26 Å². The van der Waals surface area contributed by atoms with Crippen LogP contribution in [0.25, 0.3) is 0 Å². The first kappa shape index (κ1) is 16.3. The molecule has 5 nitrogen and oxygen atoms in total. The Kier molecular flexibility index (Phi) is 3.96. The van der Waals surface area contributed by atoms with Crippen LogP contribution in [0.2, 0.25) is 0 Å². The minimum atomic E-state index is -0.550. The lowest BCUT2D eigenvalue weighted by Gasteiger charge is -2.44. The Morgan fingerprint density at radius 3 is 2.54 bits per heavy atom. The van der Waals surface area contributed by atoms with Gasteiger partial charge in [0.25, 0.3) is 5.91 Å². The molecule has 0 unspecified atom stereocenters. The summed E-state index contributed by atoms with van der Waals surface area (Å²) in [4.78, 5) is 27.0. The Morgan fingerprint density at radius 1 is 1.12 bits per heavy atom. The maximum absolute atomic E-state index is 12.6. The number of hydrogen-bond acceptors (Lipinski definition) is 4. The summed E-state index contributed by atoms with van der Waals surface area (Å²) in [7, 11) is 0. The van der Waals surface area contributed by atoms with Crippen LogP contribution in [0.1, 0.15) is 45.5 Å². The summed E-state index contributed by atoms with van der Waals surface area (Å²) in [6.45, 7) is 1.12. The lowest BCUT2D eigenvalue weighted by atomic mass is 9.82. The molecule has 1 fully saturated rings. The molecule has 1 amide bonds. The quantitative estimate of drug-likeness (QED) is 0.795. The smallest absolute Gasteiger partial charge is 0.253 e. The summed E-state index contributed by atoms with van der Waals surface area (Å²) < 4.78 is 6.20. The highest BCUT2D eigenvalue weighted by atomic mass is 16.5. The number of nitriles is 1. The van der Waals surface area contributed by atoms with Crippen molar-refractivity contribution in [2.75, 3.05) is 13.1 Å². The Hall–Kier alpha value is -3.13. The zero-order valence-electron chi connectivity index (χ0n) is 14.3. The fourth-order valence-corrected chi connectivity index (χ4v) is 3.72. The van der Waals surface area contributed by atoms with E-state index in [1.54, 1.807) is 18.2 Å². The molecular formula is C21H18N2O3. The van der Waals surface area contributed by atoms with E-state index in [-0.39, 0.29) is 11.7 Å². The predicted molar refractivity (Wildman–Crippen MR) is 95.0 cm³/mol. The van der Waals surface area contributed by atoms with Gasteiger partial charge in [0.1, 0.15) is 11.4 Å². The van der Waals surface area contributed by atoms with Gasteiger partial charge in [-0.25, -0.2) is 0 Å². The number of hydrogen-bond donors (Lipinski definition) is 0. The highest BCUT2D eigenvalue weighted by molar-refractivity contribution is 6.00. The number of rotatable bonds is 1. The third-order valence-corrected chi connectivity index (χ3v) is 5.20. The third-order valence-electron chi connectivity index (χ3n) is 5.20. The molecule has 2 aromatic carbocycles. The van der Waals surface area contributed by atoms with Crippen molar-refractivity contribution in [1.29, 1.82) is 5.26 Å². The molecular weight excluding hydrogens is 328 g/mol. The van der Waals surface area contributed by atoms with E-state index in [9.17, 15) is 9.59 Å². The second-order valence-electron chi connectivity index (χ2n) is 6.87. The third kappa shape index (κ3) is 2.84. The molecule has 5 heteroatoms. The van der Waals surface area contributed by atoms with Crippen molar-refractivity contribution >= 4 is 11.7 Å². The molecule has 2 heterocycles. The van der Waals surface area contributed by atoms with Crippen molar-refractivity contribution < 1.29 is 14.3 Å². The molecule has 2 aliphatic rings. The number of carbonyl (C=O) groups is 2.